The fourth-order valence-electron chi connectivity index (χ4n) is 0.753. The normalized spacial score (nSPS) is 10.0. The summed E-state index contributed by atoms with van der Waals surface area (Å²) in [6.45, 7) is 0.359. The second-order valence-electron chi connectivity index (χ2n) is 2.23. The number of rotatable bonds is 2. The van der Waals surface area contributed by atoms with Crippen molar-refractivity contribution < 1.29 is 4.39 Å². The zero-order valence-electron chi connectivity index (χ0n) is 6.50. The van der Waals surface area contributed by atoms with Gasteiger partial charge >= 0.3 is 0 Å². The van der Waals surface area contributed by atoms with Gasteiger partial charge in [0.2, 0.25) is 0 Å². The molecule has 0 heterocycles. The molecule has 0 saturated heterocycles. The van der Waals surface area contributed by atoms with E-state index >= 15 is 0 Å². The van der Waals surface area contributed by atoms with E-state index in [0.717, 1.165) is 5.56 Å². The van der Waals surface area contributed by atoms with Crippen LogP contribution in [-0.2, 0) is 0 Å². The van der Waals surface area contributed by atoms with Gasteiger partial charge in [0.1, 0.15) is 5.82 Å². The first-order valence-corrected chi connectivity index (χ1v) is 3.52. The van der Waals surface area contributed by atoms with Gasteiger partial charge in [-0.05, 0) is 17.7 Å². The average Bonchev–Trinajstić information content (AvgIpc) is 2.09. The zero-order chi connectivity index (χ0) is 8.81. The molecule has 0 unspecified atom stereocenters. The summed E-state index contributed by atoms with van der Waals surface area (Å²) in [6.07, 6.45) is 6.62. The summed E-state index contributed by atoms with van der Waals surface area (Å²) in [7, 11) is 0. The number of hydrogen-bond donors (Lipinski definition) is 0. The quantitative estimate of drug-likeness (QED) is 0.464. The topological polar surface area (TPSA) is 12.4 Å². The number of halogens is 1. The van der Waals surface area contributed by atoms with Crippen molar-refractivity contribution in [2.24, 2.45) is 4.99 Å². The van der Waals surface area contributed by atoms with Crippen molar-refractivity contribution in [2.45, 2.75) is 0 Å². The van der Waals surface area contributed by atoms with Crippen LogP contribution in [0.4, 0.5) is 4.39 Å². The minimum Gasteiger partial charge on any atom is -0.280 e. The summed E-state index contributed by atoms with van der Waals surface area (Å²) in [6, 6.07) is 6.07. The average molecular weight is 161 g/mol. The molecule has 0 aliphatic heterocycles. The van der Waals surface area contributed by atoms with Gasteiger partial charge in [0.15, 0.2) is 0 Å². The van der Waals surface area contributed by atoms with Gasteiger partial charge in [-0.1, -0.05) is 18.1 Å². The van der Waals surface area contributed by atoms with E-state index in [1.165, 1.54) is 12.1 Å². The highest BCUT2D eigenvalue weighted by molar-refractivity contribution is 5.79. The standard InChI is InChI=1S/C10H8FN/c1-2-7-12-8-9-3-5-10(11)6-4-9/h1,3-6,8H,7H2. The highest BCUT2D eigenvalue weighted by Crippen LogP contribution is 1.99. The van der Waals surface area contributed by atoms with Gasteiger partial charge in [-0.3, -0.25) is 4.99 Å². The van der Waals surface area contributed by atoms with E-state index in [9.17, 15) is 4.39 Å². The monoisotopic (exact) mass is 161 g/mol. The first kappa shape index (κ1) is 8.48. The van der Waals surface area contributed by atoms with Crippen molar-refractivity contribution in [2.75, 3.05) is 6.54 Å². The minimum absolute atomic E-state index is 0.246. The number of hydrogen-bond acceptors (Lipinski definition) is 1. The molecule has 0 aliphatic carbocycles. The van der Waals surface area contributed by atoms with Crippen molar-refractivity contribution in [1.29, 1.82) is 0 Å². The molecule has 0 aromatic heterocycles. The van der Waals surface area contributed by atoms with Crippen molar-refractivity contribution in [3.05, 3.63) is 35.6 Å². The molecular formula is C10H8FN. The predicted molar refractivity (Wildman–Crippen MR) is 47.7 cm³/mol. The highest BCUT2D eigenvalue weighted by Gasteiger charge is 1.87. The van der Waals surface area contributed by atoms with E-state index in [-0.39, 0.29) is 5.82 Å². The van der Waals surface area contributed by atoms with Crippen molar-refractivity contribution in [1.82, 2.24) is 0 Å². The Balaban J connectivity index is 2.66. The number of aliphatic imine (C=N–C) groups is 1. The lowest BCUT2D eigenvalue weighted by atomic mass is 10.2. The highest BCUT2D eigenvalue weighted by atomic mass is 19.1. The lowest BCUT2D eigenvalue weighted by Gasteiger charge is -1.90. The van der Waals surface area contributed by atoms with E-state index in [1.807, 2.05) is 0 Å². The first-order valence-electron chi connectivity index (χ1n) is 3.52. The largest absolute Gasteiger partial charge is 0.280 e. The Bertz CT molecular complexity index is 306. The van der Waals surface area contributed by atoms with Crippen LogP contribution in [0.3, 0.4) is 0 Å². The van der Waals surface area contributed by atoms with Crippen molar-refractivity contribution >= 4 is 6.21 Å². The summed E-state index contributed by atoms with van der Waals surface area (Å²) in [5.41, 5.74) is 0.853. The zero-order valence-corrected chi connectivity index (χ0v) is 6.50. The Morgan fingerprint density at radius 3 is 2.67 bits per heavy atom. The van der Waals surface area contributed by atoms with Gasteiger partial charge in [-0.2, -0.15) is 0 Å². The number of terminal acetylenes is 1. The molecule has 0 amide bonds. The predicted octanol–water partition coefficient (Wildman–Crippen LogP) is 1.88. The van der Waals surface area contributed by atoms with Crippen LogP contribution in [-0.4, -0.2) is 12.8 Å². The lowest BCUT2D eigenvalue weighted by Crippen LogP contribution is -1.82. The van der Waals surface area contributed by atoms with E-state index in [0.29, 0.717) is 6.54 Å². The maximum Gasteiger partial charge on any atom is 0.123 e. The number of benzene rings is 1. The van der Waals surface area contributed by atoms with E-state index < -0.39 is 0 Å². The van der Waals surface area contributed by atoms with Crippen molar-refractivity contribution in [3.63, 3.8) is 0 Å². The molecule has 0 saturated carbocycles. The van der Waals surface area contributed by atoms with Crippen LogP contribution in [0.2, 0.25) is 0 Å². The Hall–Kier alpha value is -1.62. The third-order valence-corrected chi connectivity index (χ3v) is 1.29. The molecular weight excluding hydrogens is 153 g/mol. The van der Waals surface area contributed by atoms with Crippen LogP contribution in [0.1, 0.15) is 5.56 Å². The summed E-state index contributed by atoms with van der Waals surface area (Å²) in [5.74, 6) is 2.13. The summed E-state index contributed by atoms with van der Waals surface area (Å²) in [5, 5.41) is 0. The molecule has 1 aromatic carbocycles. The molecule has 12 heavy (non-hydrogen) atoms. The Labute approximate surface area is 71.0 Å². The molecule has 1 rings (SSSR count). The van der Waals surface area contributed by atoms with Crippen LogP contribution in [0.15, 0.2) is 29.3 Å². The number of nitrogens with zero attached hydrogens (tertiary/aromatic N) is 1. The lowest BCUT2D eigenvalue weighted by molar-refractivity contribution is 0.628. The molecule has 0 spiro atoms. The fraction of sp³-hybridized carbons (Fsp3) is 0.100. The summed E-state index contributed by atoms with van der Waals surface area (Å²) in [4.78, 5) is 3.91. The van der Waals surface area contributed by atoms with E-state index in [4.69, 9.17) is 6.42 Å². The Morgan fingerprint density at radius 1 is 1.42 bits per heavy atom. The van der Waals surface area contributed by atoms with Crippen LogP contribution < -0.4 is 0 Å². The molecule has 0 N–H and O–H groups in total. The molecule has 0 bridgehead atoms. The van der Waals surface area contributed by atoms with Crippen LogP contribution in [0, 0.1) is 18.2 Å². The maximum atomic E-state index is 12.4. The van der Waals surface area contributed by atoms with Gasteiger partial charge < -0.3 is 0 Å². The van der Waals surface area contributed by atoms with Crippen LogP contribution in [0.25, 0.3) is 0 Å². The Morgan fingerprint density at radius 2 is 2.08 bits per heavy atom. The first-order chi connectivity index (χ1) is 5.83. The molecule has 0 aliphatic rings. The van der Waals surface area contributed by atoms with Gasteiger partial charge in [0, 0.05) is 6.21 Å². The minimum atomic E-state index is -0.246. The second-order valence-corrected chi connectivity index (χ2v) is 2.23. The van der Waals surface area contributed by atoms with Crippen molar-refractivity contribution in [3.8, 4) is 12.3 Å². The van der Waals surface area contributed by atoms with E-state index in [1.54, 1.807) is 18.3 Å². The second kappa shape index (κ2) is 4.30. The van der Waals surface area contributed by atoms with Crippen LogP contribution in [0.5, 0.6) is 0 Å². The molecule has 0 radical (unpaired) electrons. The van der Waals surface area contributed by atoms with E-state index in [2.05, 4.69) is 10.9 Å². The van der Waals surface area contributed by atoms with Gasteiger partial charge in [0.25, 0.3) is 0 Å². The molecule has 0 fully saturated rings. The SMILES string of the molecule is C#CCN=Cc1ccc(F)cc1. The fourth-order valence-corrected chi connectivity index (χ4v) is 0.753. The molecule has 2 heteroatoms. The summed E-state index contributed by atoms with van der Waals surface area (Å²) < 4.78 is 12.4. The maximum absolute atomic E-state index is 12.4. The summed E-state index contributed by atoms with van der Waals surface area (Å²) >= 11 is 0. The third-order valence-electron chi connectivity index (χ3n) is 1.29. The van der Waals surface area contributed by atoms with Gasteiger partial charge in [0.05, 0.1) is 6.54 Å². The van der Waals surface area contributed by atoms with Gasteiger partial charge in [-0.25, -0.2) is 4.39 Å². The molecule has 1 nitrogen and oxygen atoms in total. The van der Waals surface area contributed by atoms with Crippen LogP contribution >= 0.6 is 0 Å². The Kier molecular flexibility index (Phi) is 3.04. The third kappa shape index (κ3) is 2.55. The van der Waals surface area contributed by atoms with Gasteiger partial charge in [-0.15, -0.1) is 6.42 Å². The smallest absolute Gasteiger partial charge is 0.123 e. The molecule has 60 valence electrons. The molecule has 0 atom stereocenters. The molecule has 1 aromatic rings.